The lowest BCUT2D eigenvalue weighted by atomic mass is 10.1. The molecule has 128 valence electrons. The van der Waals surface area contributed by atoms with E-state index < -0.39 is 17.8 Å². The maximum absolute atomic E-state index is 13.0. The number of carbonyl (C=O) groups excluding carboxylic acids is 1. The van der Waals surface area contributed by atoms with Crippen molar-refractivity contribution in [2.45, 2.75) is 25.6 Å². The van der Waals surface area contributed by atoms with Crippen LogP contribution in [0.25, 0.3) is 0 Å². The van der Waals surface area contributed by atoms with Crippen LogP contribution in [0, 0.1) is 5.92 Å². The predicted octanol–water partition coefficient (Wildman–Crippen LogP) is 2.54. The molecule has 0 radical (unpaired) electrons. The van der Waals surface area contributed by atoms with Crippen LogP contribution >= 0.6 is 0 Å². The van der Waals surface area contributed by atoms with Gasteiger partial charge in [0.1, 0.15) is 5.75 Å². The Balaban J connectivity index is 2.02. The van der Waals surface area contributed by atoms with Gasteiger partial charge in [-0.1, -0.05) is 12.1 Å². The molecular formula is C16H21F3N2O2. The van der Waals surface area contributed by atoms with Gasteiger partial charge >= 0.3 is 6.18 Å². The van der Waals surface area contributed by atoms with Crippen LogP contribution in [0.3, 0.4) is 0 Å². The van der Waals surface area contributed by atoms with Crippen LogP contribution in [0.2, 0.25) is 0 Å². The van der Waals surface area contributed by atoms with Crippen LogP contribution in [-0.2, 0) is 11.0 Å². The van der Waals surface area contributed by atoms with Gasteiger partial charge < -0.3 is 15.0 Å². The summed E-state index contributed by atoms with van der Waals surface area (Å²) in [5.41, 5.74) is -0.867. The predicted molar refractivity (Wildman–Crippen MR) is 80.1 cm³/mol. The molecular weight excluding hydrogens is 309 g/mol. The molecule has 1 saturated heterocycles. The minimum absolute atomic E-state index is 0.277. The van der Waals surface area contributed by atoms with E-state index in [0.29, 0.717) is 19.0 Å². The Morgan fingerprint density at radius 2 is 2.13 bits per heavy atom. The molecule has 0 aromatic heterocycles. The lowest BCUT2D eigenvalue weighted by Crippen LogP contribution is -2.39. The second-order valence-corrected chi connectivity index (χ2v) is 5.75. The van der Waals surface area contributed by atoms with E-state index in [0.717, 1.165) is 19.0 Å². The lowest BCUT2D eigenvalue weighted by molar-refractivity contribution is -0.143. The van der Waals surface area contributed by atoms with Crippen molar-refractivity contribution in [2.75, 3.05) is 26.7 Å². The number of likely N-dealkylation sites (tertiary alicyclic amines) is 1. The normalized spacial score (nSPS) is 19.7. The number of alkyl halides is 3. The number of halogens is 3. The highest BCUT2D eigenvalue weighted by Gasteiger charge is 2.35. The number of nitrogens with one attached hydrogen (secondary N) is 1. The lowest BCUT2D eigenvalue weighted by Gasteiger charge is -2.23. The summed E-state index contributed by atoms with van der Waals surface area (Å²) in [6.45, 7) is 3.52. The molecule has 23 heavy (non-hydrogen) atoms. The van der Waals surface area contributed by atoms with Crippen LogP contribution in [0.15, 0.2) is 24.3 Å². The van der Waals surface area contributed by atoms with Crippen LogP contribution < -0.4 is 10.1 Å². The third-order valence-electron chi connectivity index (χ3n) is 3.93. The van der Waals surface area contributed by atoms with Gasteiger partial charge in [-0.2, -0.15) is 13.2 Å². The summed E-state index contributed by atoms with van der Waals surface area (Å²) in [6, 6.07) is 4.94. The van der Waals surface area contributed by atoms with Crippen molar-refractivity contribution in [1.29, 1.82) is 0 Å². The van der Waals surface area contributed by atoms with E-state index in [9.17, 15) is 18.0 Å². The number of hydrogen-bond acceptors (Lipinski definition) is 3. The highest BCUT2D eigenvalue weighted by Crippen LogP contribution is 2.36. The SMILES string of the molecule is CNC[C@H]1CCN(C(=O)[C@H](C)Oc2ccccc2C(F)(F)F)C1. The Hall–Kier alpha value is -1.76. The van der Waals surface area contributed by atoms with Crippen molar-refractivity contribution in [3.8, 4) is 5.75 Å². The van der Waals surface area contributed by atoms with Gasteiger partial charge in [0.05, 0.1) is 5.56 Å². The van der Waals surface area contributed by atoms with Gasteiger partial charge in [-0.05, 0) is 45.0 Å². The highest BCUT2D eigenvalue weighted by atomic mass is 19.4. The molecule has 1 fully saturated rings. The molecule has 1 aliphatic heterocycles. The molecule has 0 unspecified atom stereocenters. The van der Waals surface area contributed by atoms with Gasteiger partial charge in [0, 0.05) is 13.1 Å². The first-order chi connectivity index (χ1) is 10.8. The third kappa shape index (κ3) is 4.37. The fourth-order valence-corrected chi connectivity index (χ4v) is 2.79. The van der Waals surface area contributed by atoms with Crippen LogP contribution in [-0.4, -0.2) is 43.6 Å². The first-order valence-electron chi connectivity index (χ1n) is 7.59. The molecule has 0 aliphatic carbocycles. The van der Waals surface area contributed by atoms with Crippen molar-refractivity contribution in [3.63, 3.8) is 0 Å². The molecule has 2 rings (SSSR count). The smallest absolute Gasteiger partial charge is 0.419 e. The summed E-state index contributed by atoms with van der Waals surface area (Å²) in [4.78, 5) is 14.0. The molecule has 7 heteroatoms. The summed E-state index contributed by atoms with van der Waals surface area (Å²) < 4.78 is 44.2. The van der Waals surface area contributed by atoms with Crippen molar-refractivity contribution in [3.05, 3.63) is 29.8 Å². The van der Waals surface area contributed by atoms with Crippen molar-refractivity contribution in [1.82, 2.24) is 10.2 Å². The number of para-hydroxylation sites is 1. The van der Waals surface area contributed by atoms with E-state index >= 15 is 0 Å². The summed E-state index contributed by atoms with van der Waals surface area (Å²) in [7, 11) is 1.85. The zero-order valence-corrected chi connectivity index (χ0v) is 13.2. The Labute approximate surface area is 133 Å². The number of benzene rings is 1. The molecule has 1 N–H and O–H groups in total. The van der Waals surface area contributed by atoms with Gasteiger partial charge in [0.2, 0.25) is 0 Å². The monoisotopic (exact) mass is 330 g/mol. The molecule has 1 aromatic carbocycles. The minimum Gasteiger partial charge on any atom is -0.480 e. The number of hydrogen-bond donors (Lipinski definition) is 1. The fraction of sp³-hybridized carbons (Fsp3) is 0.562. The average molecular weight is 330 g/mol. The van der Waals surface area contributed by atoms with E-state index in [1.165, 1.54) is 25.1 Å². The van der Waals surface area contributed by atoms with E-state index in [1.54, 1.807) is 4.90 Å². The molecule has 0 spiro atoms. The van der Waals surface area contributed by atoms with Crippen LogP contribution in [0.4, 0.5) is 13.2 Å². The molecule has 4 nitrogen and oxygen atoms in total. The average Bonchev–Trinajstić information content (AvgIpc) is 2.95. The van der Waals surface area contributed by atoms with Gasteiger partial charge in [-0.25, -0.2) is 0 Å². The molecule has 0 saturated carbocycles. The van der Waals surface area contributed by atoms with Gasteiger partial charge in [0.15, 0.2) is 6.10 Å². The largest absolute Gasteiger partial charge is 0.480 e. The Morgan fingerprint density at radius 3 is 2.78 bits per heavy atom. The van der Waals surface area contributed by atoms with Gasteiger partial charge in [-0.15, -0.1) is 0 Å². The number of carbonyl (C=O) groups is 1. The standard InChI is InChI=1S/C16H21F3N2O2/c1-11(15(22)21-8-7-12(10-21)9-20-2)23-14-6-4-3-5-13(14)16(17,18)19/h3-6,11-12,20H,7-10H2,1-2H3/t11-,12+/m0/s1. The summed E-state index contributed by atoms with van der Waals surface area (Å²) >= 11 is 0. The van der Waals surface area contributed by atoms with Crippen LogP contribution in [0.5, 0.6) is 5.75 Å². The zero-order chi connectivity index (χ0) is 17.0. The van der Waals surface area contributed by atoms with Crippen LogP contribution in [0.1, 0.15) is 18.9 Å². The number of ether oxygens (including phenoxy) is 1. The molecule has 1 heterocycles. The first-order valence-corrected chi connectivity index (χ1v) is 7.59. The van der Waals surface area contributed by atoms with Crippen molar-refractivity contribution in [2.24, 2.45) is 5.92 Å². The number of rotatable bonds is 5. The second-order valence-electron chi connectivity index (χ2n) is 5.75. The minimum atomic E-state index is -4.51. The van der Waals surface area contributed by atoms with Gasteiger partial charge in [0.25, 0.3) is 5.91 Å². The van der Waals surface area contributed by atoms with E-state index in [4.69, 9.17) is 4.74 Å². The van der Waals surface area contributed by atoms with Crippen molar-refractivity contribution < 1.29 is 22.7 Å². The molecule has 1 amide bonds. The number of nitrogens with zero attached hydrogens (tertiary/aromatic N) is 1. The third-order valence-corrected chi connectivity index (χ3v) is 3.93. The van der Waals surface area contributed by atoms with E-state index in [-0.39, 0.29) is 11.7 Å². The highest BCUT2D eigenvalue weighted by molar-refractivity contribution is 5.81. The molecule has 2 atom stereocenters. The molecule has 1 aliphatic rings. The van der Waals surface area contributed by atoms with E-state index in [2.05, 4.69) is 5.32 Å². The zero-order valence-electron chi connectivity index (χ0n) is 13.2. The Bertz CT molecular complexity index is 548. The Morgan fingerprint density at radius 1 is 1.43 bits per heavy atom. The second kappa shape index (κ2) is 7.21. The fourth-order valence-electron chi connectivity index (χ4n) is 2.79. The molecule has 0 bridgehead atoms. The first kappa shape index (κ1) is 17.6. The summed E-state index contributed by atoms with van der Waals surface area (Å²) in [5.74, 6) is -0.217. The number of amides is 1. The summed E-state index contributed by atoms with van der Waals surface area (Å²) in [5, 5.41) is 3.07. The maximum Gasteiger partial charge on any atom is 0.419 e. The summed E-state index contributed by atoms with van der Waals surface area (Å²) in [6.07, 6.45) is -4.57. The molecule has 1 aromatic rings. The van der Waals surface area contributed by atoms with E-state index in [1.807, 2.05) is 7.05 Å². The topological polar surface area (TPSA) is 41.6 Å². The Kier molecular flexibility index (Phi) is 5.51. The van der Waals surface area contributed by atoms with Crippen molar-refractivity contribution >= 4 is 5.91 Å². The van der Waals surface area contributed by atoms with Gasteiger partial charge in [-0.3, -0.25) is 4.79 Å². The quantitative estimate of drug-likeness (QED) is 0.902. The maximum atomic E-state index is 13.0.